The second kappa shape index (κ2) is 5.51. The van der Waals surface area contributed by atoms with Crippen LogP contribution in [-0.2, 0) is 0 Å². The van der Waals surface area contributed by atoms with Crippen molar-refractivity contribution in [1.82, 2.24) is 0 Å². The van der Waals surface area contributed by atoms with Gasteiger partial charge in [0.15, 0.2) is 6.29 Å². The molecule has 0 aromatic heterocycles. The third-order valence-electron chi connectivity index (χ3n) is 1.78. The average Bonchev–Trinajstić information content (AvgIpc) is 2.19. The van der Waals surface area contributed by atoms with E-state index in [1.165, 1.54) is 0 Å². The summed E-state index contributed by atoms with van der Waals surface area (Å²) in [5.41, 5.74) is 0.737. The molecular weight excluding hydrogens is 192 g/mol. The standard InChI is InChI=1S/C12H12OS/c1-3-6-10(2)14-12-8-5-4-7-11(12)9-13/h1,4-5,7-10H,6H2,2H3. The van der Waals surface area contributed by atoms with Gasteiger partial charge in [-0.3, -0.25) is 4.79 Å². The van der Waals surface area contributed by atoms with Gasteiger partial charge in [-0.05, 0) is 6.07 Å². The molecular formula is C12H12OS. The lowest BCUT2D eigenvalue weighted by Gasteiger charge is -2.08. The highest BCUT2D eigenvalue weighted by Crippen LogP contribution is 2.27. The number of carbonyl (C=O) groups excluding carboxylic acids is 1. The number of aldehydes is 1. The summed E-state index contributed by atoms with van der Waals surface area (Å²) in [5, 5.41) is 0.348. The van der Waals surface area contributed by atoms with Crippen LogP contribution in [-0.4, -0.2) is 11.5 Å². The number of rotatable bonds is 4. The Kier molecular flexibility index (Phi) is 4.28. The lowest BCUT2D eigenvalue weighted by atomic mass is 10.2. The van der Waals surface area contributed by atoms with Gasteiger partial charge in [0.2, 0.25) is 0 Å². The fraction of sp³-hybridized carbons (Fsp3) is 0.250. The minimum Gasteiger partial charge on any atom is -0.298 e. The molecule has 1 atom stereocenters. The van der Waals surface area contributed by atoms with E-state index in [1.54, 1.807) is 11.8 Å². The first-order valence-electron chi connectivity index (χ1n) is 4.42. The highest BCUT2D eigenvalue weighted by molar-refractivity contribution is 8.00. The van der Waals surface area contributed by atoms with Crippen LogP contribution >= 0.6 is 11.8 Å². The number of terminal acetylenes is 1. The van der Waals surface area contributed by atoms with Gasteiger partial charge in [-0.1, -0.05) is 25.1 Å². The first kappa shape index (κ1) is 10.9. The first-order valence-corrected chi connectivity index (χ1v) is 5.30. The van der Waals surface area contributed by atoms with Gasteiger partial charge in [0.05, 0.1) is 0 Å². The molecule has 0 saturated carbocycles. The Bertz CT molecular complexity index is 352. The molecule has 1 unspecified atom stereocenters. The summed E-state index contributed by atoms with van der Waals surface area (Å²) in [6, 6.07) is 7.55. The van der Waals surface area contributed by atoms with E-state index in [2.05, 4.69) is 12.8 Å². The Hall–Kier alpha value is -1.20. The Balaban J connectivity index is 2.76. The summed E-state index contributed by atoms with van der Waals surface area (Å²) in [6.07, 6.45) is 6.82. The number of carbonyl (C=O) groups is 1. The Labute approximate surface area is 88.9 Å². The van der Waals surface area contributed by atoms with Crippen LogP contribution in [0.15, 0.2) is 29.2 Å². The van der Waals surface area contributed by atoms with E-state index >= 15 is 0 Å². The maximum absolute atomic E-state index is 10.7. The molecule has 0 fully saturated rings. The number of hydrogen-bond donors (Lipinski definition) is 0. The van der Waals surface area contributed by atoms with Crippen LogP contribution in [0.3, 0.4) is 0 Å². The quantitative estimate of drug-likeness (QED) is 0.426. The Morgan fingerprint density at radius 2 is 2.29 bits per heavy atom. The van der Waals surface area contributed by atoms with E-state index in [1.807, 2.05) is 24.3 Å². The smallest absolute Gasteiger partial charge is 0.151 e. The van der Waals surface area contributed by atoms with Gasteiger partial charge in [0.25, 0.3) is 0 Å². The molecule has 14 heavy (non-hydrogen) atoms. The van der Waals surface area contributed by atoms with Crippen LogP contribution < -0.4 is 0 Å². The van der Waals surface area contributed by atoms with Crippen molar-refractivity contribution in [2.75, 3.05) is 0 Å². The predicted molar refractivity (Wildman–Crippen MR) is 60.6 cm³/mol. The number of hydrogen-bond acceptors (Lipinski definition) is 2. The Morgan fingerprint density at radius 1 is 1.57 bits per heavy atom. The third kappa shape index (κ3) is 2.93. The average molecular weight is 204 g/mol. The molecule has 1 aromatic carbocycles. The van der Waals surface area contributed by atoms with E-state index < -0.39 is 0 Å². The normalized spacial score (nSPS) is 11.7. The molecule has 0 bridgehead atoms. The van der Waals surface area contributed by atoms with Crippen LogP contribution in [0.4, 0.5) is 0 Å². The molecule has 72 valence electrons. The lowest BCUT2D eigenvalue weighted by Crippen LogP contribution is -1.95. The van der Waals surface area contributed by atoms with Crippen molar-refractivity contribution < 1.29 is 4.79 Å². The molecule has 0 heterocycles. The van der Waals surface area contributed by atoms with Gasteiger partial charge in [0.1, 0.15) is 0 Å². The molecule has 0 aliphatic rings. The summed E-state index contributed by atoms with van der Waals surface area (Å²) >= 11 is 1.65. The molecule has 0 N–H and O–H groups in total. The zero-order chi connectivity index (χ0) is 10.4. The van der Waals surface area contributed by atoms with Gasteiger partial charge in [-0.2, -0.15) is 0 Å². The second-order valence-electron chi connectivity index (χ2n) is 2.99. The van der Waals surface area contributed by atoms with Gasteiger partial charge < -0.3 is 0 Å². The van der Waals surface area contributed by atoms with Crippen molar-refractivity contribution in [3.8, 4) is 12.3 Å². The molecule has 0 saturated heterocycles. The summed E-state index contributed by atoms with van der Waals surface area (Å²) in [6.45, 7) is 2.06. The van der Waals surface area contributed by atoms with Gasteiger partial charge in [0, 0.05) is 22.1 Å². The molecule has 2 heteroatoms. The molecule has 0 aliphatic heterocycles. The summed E-state index contributed by atoms with van der Waals surface area (Å²) in [4.78, 5) is 11.7. The van der Waals surface area contributed by atoms with Crippen molar-refractivity contribution in [2.24, 2.45) is 0 Å². The summed E-state index contributed by atoms with van der Waals surface area (Å²) in [7, 11) is 0. The minimum atomic E-state index is 0.348. The van der Waals surface area contributed by atoms with Crippen molar-refractivity contribution in [3.63, 3.8) is 0 Å². The van der Waals surface area contributed by atoms with E-state index in [0.29, 0.717) is 5.25 Å². The number of thioether (sulfide) groups is 1. The topological polar surface area (TPSA) is 17.1 Å². The highest BCUT2D eigenvalue weighted by Gasteiger charge is 2.06. The molecule has 1 rings (SSSR count). The van der Waals surface area contributed by atoms with Crippen LogP contribution in [0, 0.1) is 12.3 Å². The van der Waals surface area contributed by atoms with Crippen molar-refractivity contribution in [2.45, 2.75) is 23.5 Å². The minimum absolute atomic E-state index is 0.348. The largest absolute Gasteiger partial charge is 0.298 e. The van der Waals surface area contributed by atoms with Crippen molar-refractivity contribution in [3.05, 3.63) is 29.8 Å². The molecule has 0 radical (unpaired) electrons. The highest BCUT2D eigenvalue weighted by atomic mass is 32.2. The maximum atomic E-state index is 10.7. The number of benzene rings is 1. The summed E-state index contributed by atoms with van der Waals surface area (Å²) in [5.74, 6) is 2.62. The van der Waals surface area contributed by atoms with Crippen molar-refractivity contribution in [1.29, 1.82) is 0 Å². The predicted octanol–water partition coefficient (Wildman–Crippen LogP) is 3.00. The van der Waals surface area contributed by atoms with Crippen LogP contribution in [0.25, 0.3) is 0 Å². The summed E-state index contributed by atoms with van der Waals surface area (Å²) < 4.78 is 0. The van der Waals surface area contributed by atoms with E-state index in [-0.39, 0.29) is 0 Å². The SMILES string of the molecule is C#CCC(C)Sc1ccccc1C=O. The van der Waals surface area contributed by atoms with Crippen LogP contribution in [0.1, 0.15) is 23.7 Å². The zero-order valence-corrected chi connectivity index (χ0v) is 8.88. The maximum Gasteiger partial charge on any atom is 0.151 e. The van der Waals surface area contributed by atoms with Gasteiger partial charge in [-0.25, -0.2) is 0 Å². The second-order valence-corrected chi connectivity index (χ2v) is 4.47. The monoisotopic (exact) mass is 204 g/mol. The fourth-order valence-corrected chi connectivity index (χ4v) is 2.13. The lowest BCUT2D eigenvalue weighted by molar-refractivity contribution is 0.112. The Morgan fingerprint density at radius 3 is 2.93 bits per heavy atom. The van der Waals surface area contributed by atoms with Gasteiger partial charge in [-0.15, -0.1) is 24.1 Å². The van der Waals surface area contributed by atoms with E-state index in [9.17, 15) is 4.79 Å². The first-order chi connectivity index (χ1) is 6.77. The van der Waals surface area contributed by atoms with E-state index in [4.69, 9.17) is 6.42 Å². The zero-order valence-electron chi connectivity index (χ0n) is 8.07. The third-order valence-corrected chi connectivity index (χ3v) is 2.97. The molecule has 0 spiro atoms. The van der Waals surface area contributed by atoms with E-state index in [0.717, 1.165) is 23.2 Å². The van der Waals surface area contributed by atoms with Crippen LogP contribution in [0.2, 0.25) is 0 Å². The molecule has 0 aliphatic carbocycles. The van der Waals surface area contributed by atoms with Crippen LogP contribution in [0.5, 0.6) is 0 Å². The molecule has 1 aromatic rings. The van der Waals surface area contributed by atoms with Crippen molar-refractivity contribution >= 4 is 18.0 Å². The fourth-order valence-electron chi connectivity index (χ4n) is 1.11. The molecule has 0 amide bonds. The van der Waals surface area contributed by atoms with Gasteiger partial charge >= 0.3 is 0 Å². The molecule has 1 nitrogen and oxygen atoms in total.